The van der Waals surface area contributed by atoms with Crippen LogP contribution in [0, 0.1) is 6.92 Å². The highest BCUT2D eigenvalue weighted by atomic mass is 16.1. The maximum Gasteiger partial charge on any atom is 0.246 e. The average molecular weight is 269 g/mol. The normalized spacial score (nSPS) is 14.3. The lowest BCUT2D eigenvalue weighted by Crippen LogP contribution is -2.16. The van der Waals surface area contributed by atoms with Gasteiger partial charge in [-0.25, -0.2) is 0 Å². The van der Waals surface area contributed by atoms with Crippen LogP contribution in [0.4, 0.5) is 5.69 Å². The SMILES string of the molecule is Cc1cc(=O)c2cc(NC3=CC(=O)NC3)ccc2n1C. The Balaban J connectivity index is 2.05. The predicted molar refractivity (Wildman–Crippen MR) is 78.6 cm³/mol. The van der Waals surface area contributed by atoms with E-state index in [2.05, 4.69) is 10.6 Å². The quantitative estimate of drug-likeness (QED) is 0.863. The summed E-state index contributed by atoms with van der Waals surface area (Å²) in [7, 11) is 1.94. The standard InChI is InChI=1S/C15H15N3O2/c1-9-5-14(19)12-6-10(3-4-13(12)18(9)2)17-11-7-15(20)16-8-11/h3-7,17H,8H2,1-2H3,(H,16,20). The second kappa shape index (κ2) is 4.52. The smallest absolute Gasteiger partial charge is 0.246 e. The van der Waals surface area contributed by atoms with Gasteiger partial charge in [-0.2, -0.15) is 0 Å². The molecule has 1 aliphatic rings. The molecule has 5 heteroatoms. The van der Waals surface area contributed by atoms with Crippen LogP contribution >= 0.6 is 0 Å². The minimum absolute atomic E-state index is 0.00820. The Morgan fingerprint density at radius 3 is 2.75 bits per heavy atom. The highest BCUT2D eigenvalue weighted by Gasteiger charge is 2.11. The van der Waals surface area contributed by atoms with E-state index in [4.69, 9.17) is 0 Å². The number of rotatable bonds is 2. The van der Waals surface area contributed by atoms with Crippen molar-refractivity contribution in [1.29, 1.82) is 0 Å². The summed E-state index contributed by atoms with van der Waals surface area (Å²) < 4.78 is 1.99. The van der Waals surface area contributed by atoms with Gasteiger partial charge in [0.15, 0.2) is 5.43 Å². The number of benzene rings is 1. The minimum atomic E-state index is -0.0974. The molecule has 0 spiro atoms. The fourth-order valence-corrected chi connectivity index (χ4v) is 2.37. The number of hydrogen-bond acceptors (Lipinski definition) is 3. The van der Waals surface area contributed by atoms with Crippen molar-refractivity contribution in [2.24, 2.45) is 7.05 Å². The Hall–Kier alpha value is -2.56. The monoisotopic (exact) mass is 269 g/mol. The van der Waals surface area contributed by atoms with Crippen molar-refractivity contribution < 1.29 is 4.79 Å². The van der Waals surface area contributed by atoms with E-state index in [-0.39, 0.29) is 11.3 Å². The van der Waals surface area contributed by atoms with Crippen molar-refractivity contribution in [3.63, 3.8) is 0 Å². The molecule has 1 aromatic carbocycles. The van der Waals surface area contributed by atoms with Crippen LogP contribution in [0.1, 0.15) is 5.69 Å². The van der Waals surface area contributed by atoms with E-state index < -0.39 is 0 Å². The number of carbonyl (C=O) groups is 1. The van der Waals surface area contributed by atoms with Gasteiger partial charge in [-0.1, -0.05) is 0 Å². The summed E-state index contributed by atoms with van der Waals surface area (Å²) >= 11 is 0. The molecule has 0 atom stereocenters. The number of anilines is 1. The van der Waals surface area contributed by atoms with E-state index in [1.807, 2.05) is 36.7 Å². The lowest BCUT2D eigenvalue weighted by molar-refractivity contribution is -0.115. The maximum absolute atomic E-state index is 12.1. The molecule has 3 rings (SSSR count). The molecule has 2 heterocycles. The third kappa shape index (κ3) is 2.07. The zero-order valence-corrected chi connectivity index (χ0v) is 11.4. The van der Waals surface area contributed by atoms with E-state index in [0.29, 0.717) is 11.9 Å². The Labute approximate surface area is 115 Å². The number of hydrogen-bond donors (Lipinski definition) is 2. The van der Waals surface area contributed by atoms with E-state index in [1.54, 1.807) is 6.07 Å². The molecule has 0 saturated heterocycles. The molecular formula is C15H15N3O2. The van der Waals surface area contributed by atoms with Crippen LogP contribution in [0.5, 0.6) is 0 Å². The topological polar surface area (TPSA) is 63.1 Å². The Kier molecular flexibility index (Phi) is 2.82. The lowest BCUT2D eigenvalue weighted by Gasteiger charge is -2.11. The zero-order valence-electron chi connectivity index (χ0n) is 11.4. The number of pyridine rings is 1. The highest BCUT2D eigenvalue weighted by molar-refractivity contribution is 5.92. The van der Waals surface area contributed by atoms with Gasteiger partial charge in [0.25, 0.3) is 0 Å². The predicted octanol–water partition coefficient (Wildman–Crippen LogP) is 1.27. The number of nitrogens with zero attached hydrogens (tertiary/aromatic N) is 1. The number of nitrogens with one attached hydrogen (secondary N) is 2. The molecule has 5 nitrogen and oxygen atoms in total. The number of fused-ring (bicyclic) bond motifs is 1. The van der Waals surface area contributed by atoms with Crippen molar-refractivity contribution in [1.82, 2.24) is 9.88 Å². The Morgan fingerprint density at radius 2 is 2.05 bits per heavy atom. The van der Waals surface area contributed by atoms with Gasteiger partial charge in [0.2, 0.25) is 5.91 Å². The third-order valence-electron chi connectivity index (χ3n) is 3.56. The molecule has 2 N–H and O–H groups in total. The maximum atomic E-state index is 12.1. The summed E-state index contributed by atoms with van der Waals surface area (Å²) in [6.45, 7) is 2.40. The lowest BCUT2D eigenvalue weighted by atomic mass is 10.1. The van der Waals surface area contributed by atoms with Gasteiger partial charge in [-0.05, 0) is 25.1 Å². The van der Waals surface area contributed by atoms with Gasteiger partial charge in [-0.3, -0.25) is 9.59 Å². The summed E-state index contributed by atoms with van der Waals surface area (Å²) in [5.41, 5.74) is 3.44. The second-order valence-corrected chi connectivity index (χ2v) is 4.95. The van der Waals surface area contributed by atoms with Crippen LogP contribution in [0.15, 0.2) is 40.8 Å². The second-order valence-electron chi connectivity index (χ2n) is 4.95. The first-order chi connectivity index (χ1) is 9.54. The first-order valence-corrected chi connectivity index (χ1v) is 6.40. The van der Waals surface area contributed by atoms with Gasteiger partial charge < -0.3 is 15.2 Å². The Morgan fingerprint density at radius 1 is 1.25 bits per heavy atom. The summed E-state index contributed by atoms with van der Waals surface area (Å²) in [4.78, 5) is 23.2. The summed E-state index contributed by atoms with van der Waals surface area (Å²) in [6.07, 6.45) is 1.53. The molecular weight excluding hydrogens is 254 g/mol. The van der Waals surface area contributed by atoms with Crippen LogP contribution in [0.2, 0.25) is 0 Å². The fourth-order valence-electron chi connectivity index (χ4n) is 2.37. The largest absolute Gasteiger partial charge is 0.357 e. The van der Waals surface area contributed by atoms with Crippen LogP contribution < -0.4 is 16.1 Å². The van der Waals surface area contributed by atoms with Crippen LogP contribution in [-0.4, -0.2) is 17.0 Å². The van der Waals surface area contributed by atoms with Gasteiger partial charge in [0, 0.05) is 41.7 Å². The molecule has 0 saturated carbocycles. The molecule has 102 valence electrons. The third-order valence-corrected chi connectivity index (χ3v) is 3.56. The van der Waals surface area contributed by atoms with Crippen molar-refractivity contribution in [3.8, 4) is 0 Å². The van der Waals surface area contributed by atoms with Gasteiger partial charge in [0.05, 0.1) is 12.1 Å². The van der Waals surface area contributed by atoms with Crippen LogP contribution in [0.3, 0.4) is 0 Å². The van der Waals surface area contributed by atoms with E-state index in [9.17, 15) is 9.59 Å². The van der Waals surface area contributed by atoms with Crippen molar-refractivity contribution in [2.75, 3.05) is 11.9 Å². The molecule has 1 amide bonds. The average Bonchev–Trinajstić information content (AvgIpc) is 2.81. The zero-order chi connectivity index (χ0) is 14.3. The van der Waals surface area contributed by atoms with Gasteiger partial charge >= 0.3 is 0 Å². The van der Waals surface area contributed by atoms with Gasteiger partial charge in [-0.15, -0.1) is 0 Å². The number of aromatic nitrogens is 1. The summed E-state index contributed by atoms with van der Waals surface area (Å²) in [6, 6.07) is 7.27. The van der Waals surface area contributed by atoms with Crippen molar-refractivity contribution in [2.45, 2.75) is 6.92 Å². The molecule has 0 aliphatic carbocycles. The number of aryl methyl sites for hydroxylation is 2. The first-order valence-electron chi connectivity index (χ1n) is 6.40. The first kappa shape index (κ1) is 12.5. The van der Waals surface area contributed by atoms with E-state index >= 15 is 0 Å². The van der Waals surface area contributed by atoms with Crippen molar-refractivity contribution >= 4 is 22.5 Å². The number of amides is 1. The molecule has 0 radical (unpaired) electrons. The van der Waals surface area contributed by atoms with E-state index in [0.717, 1.165) is 22.6 Å². The minimum Gasteiger partial charge on any atom is -0.357 e. The number of carbonyl (C=O) groups excluding carboxylic acids is 1. The molecule has 0 fully saturated rings. The molecule has 1 aliphatic heterocycles. The molecule has 2 aromatic rings. The van der Waals surface area contributed by atoms with Crippen LogP contribution in [-0.2, 0) is 11.8 Å². The van der Waals surface area contributed by atoms with E-state index in [1.165, 1.54) is 6.08 Å². The fraction of sp³-hybridized carbons (Fsp3) is 0.200. The molecule has 20 heavy (non-hydrogen) atoms. The van der Waals surface area contributed by atoms with Crippen LogP contribution in [0.25, 0.3) is 10.9 Å². The summed E-state index contributed by atoms with van der Waals surface area (Å²) in [5, 5.41) is 6.52. The van der Waals surface area contributed by atoms with Gasteiger partial charge in [0.1, 0.15) is 0 Å². The highest BCUT2D eigenvalue weighted by Crippen LogP contribution is 2.19. The molecule has 0 unspecified atom stereocenters. The Bertz CT molecular complexity index is 803. The van der Waals surface area contributed by atoms with Crippen molar-refractivity contribution in [3.05, 3.63) is 52.0 Å². The summed E-state index contributed by atoms with van der Waals surface area (Å²) in [5.74, 6) is -0.0974. The molecule has 0 bridgehead atoms. The molecule has 1 aromatic heterocycles.